The predicted octanol–water partition coefficient (Wildman–Crippen LogP) is 2.52. The minimum atomic E-state index is 0.215. The van der Waals surface area contributed by atoms with Gasteiger partial charge >= 0.3 is 0 Å². The molecule has 4 nitrogen and oxygen atoms in total. The molecule has 0 rings (SSSR count). The van der Waals surface area contributed by atoms with Crippen molar-refractivity contribution in [2.75, 3.05) is 20.3 Å². The molecule has 0 saturated heterocycles. The fraction of sp³-hybridized carbons (Fsp3) is 1.00. The van der Waals surface area contributed by atoms with Gasteiger partial charge in [0.2, 0.25) is 0 Å². The lowest BCUT2D eigenvalue weighted by atomic mass is 9.98. The summed E-state index contributed by atoms with van der Waals surface area (Å²) in [5.74, 6) is 0. The van der Waals surface area contributed by atoms with E-state index in [1.54, 1.807) is 7.05 Å². The molecule has 0 atom stereocenters. The Morgan fingerprint density at radius 2 is 1.64 bits per heavy atom. The van der Waals surface area contributed by atoms with Gasteiger partial charge in [-0.15, -0.1) is 0 Å². The van der Waals surface area contributed by atoms with Crippen LogP contribution in [0.2, 0.25) is 0 Å². The largest absolute Gasteiger partial charge is 0.196 e. The average Bonchev–Trinajstić information content (AvgIpc) is 1.85. The van der Waals surface area contributed by atoms with E-state index in [1.807, 2.05) is 0 Å². The van der Waals surface area contributed by atoms with Gasteiger partial charge in [-0.25, -0.2) is 0 Å². The minimum absolute atomic E-state index is 0.215. The first-order valence-electron chi connectivity index (χ1n) is 3.65. The van der Waals surface area contributed by atoms with E-state index in [0.717, 1.165) is 6.54 Å². The van der Waals surface area contributed by atoms with Gasteiger partial charge in [-0.2, -0.15) is 20.5 Å². The van der Waals surface area contributed by atoms with Crippen molar-refractivity contribution in [2.24, 2.45) is 25.9 Å². The summed E-state index contributed by atoms with van der Waals surface area (Å²) in [5, 5.41) is 15.0. The Morgan fingerprint density at radius 3 is 2.09 bits per heavy atom. The summed E-state index contributed by atoms with van der Waals surface area (Å²) in [6, 6.07) is 0. The van der Waals surface area contributed by atoms with Crippen LogP contribution in [0.5, 0.6) is 0 Å². The van der Waals surface area contributed by atoms with Gasteiger partial charge in [0.15, 0.2) is 6.67 Å². The van der Waals surface area contributed by atoms with Crippen LogP contribution in [0.1, 0.15) is 20.8 Å². The average molecular weight is 156 g/mol. The van der Waals surface area contributed by atoms with Crippen LogP contribution in [0.25, 0.3) is 0 Å². The molecule has 64 valence electrons. The lowest BCUT2D eigenvalue weighted by Gasteiger charge is -2.12. The van der Waals surface area contributed by atoms with Crippen molar-refractivity contribution >= 4 is 0 Å². The summed E-state index contributed by atoms with van der Waals surface area (Å²) < 4.78 is 0. The smallest absolute Gasteiger partial charge is 0.170 e. The van der Waals surface area contributed by atoms with Crippen molar-refractivity contribution in [3.8, 4) is 0 Å². The number of hydrogen-bond donors (Lipinski definition) is 0. The van der Waals surface area contributed by atoms with E-state index in [4.69, 9.17) is 0 Å². The zero-order valence-electron chi connectivity index (χ0n) is 7.70. The van der Waals surface area contributed by atoms with Crippen molar-refractivity contribution in [1.29, 1.82) is 0 Å². The standard InChI is InChI=1S/C7H16N4/c1-7(2,3)5-9-11-6-10-8-4/h5-6H2,1-4H3. The topological polar surface area (TPSA) is 49.4 Å². The lowest BCUT2D eigenvalue weighted by molar-refractivity contribution is 0.419. The third-order valence-corrected chi connectivity index (χ3v) is 0.913. The number of azo groups is 2. The monoisotopic (exact) mass is 156 g/mol. The first kappa shape index (κ1) is 10.2. The molecule has 0 amide bonds. The quantitative estimate of drug-likeness (QED) is 0.564. The zero-order valence-corrected chi connectivity index (χ0v) is 7.70. The van der Waals surface area contributed by atoms with Gasteiger partial charge in [0.1, 0.15) is 0 Å². The zero-order chi connectivity index (χ0) is 8.74. The Bertz CT molecular complexity index is 143. The van der Waals surface area contributed by atoms with Crippen LogP contribution >= 0.6 is 0 Å². The molecule has 0 N–H and O–H groups in total. The molecule has 0 aromatic rings. The Balaban J connectivity index is 3.45. The molecular formula is C7H16N4. The van der Waals surface area contributed by atoms with Crippen LogP contribution in [0, 0.1) is 5.41 Å². The first-order chi connectivity index (χ1) is 5.06. The van der Waals surface area contributed by atoms with Crippen molar-refractivity contribution in [1.82, 2.24) is 0 Å². The van der Waals surface area contributed by atoms with Crippen LogP contribution in [-0.2, 0) is 0 Å². The molecule has 0 heterocycles. The number of nitrogens with zero attached hydrogens (tertiary/aromatic N) is 4. The van der Waals surface area contributed by atoms with E-state index in [9.17, 15) is 0 Å². The molecule has 0 radical (unpaired) electrons. The summed E-state index contributed by atoms with van der Waals surface area (Å²) in [4.78, 5) is 0. The summed E-state index contributed by atoms with van der Waals surface area (Å²) in [5.41, 5.74) is 0.215. The SMILES string of the molecule is CN=NCN=NCC(C)(C)C. The Kier molecular flexibility index (Phi) is 4.57. The lowest BCUT2D eigenvalue weighted by Crippen LogP contribution is -2.08. The highest BCUT2D eigenvalue weighted by atomic mass is 15.2. The van der Waals surface area contributed by atoms with Gasteiger partial charge in [-0.3, -0.25) is 0 Å². The van der Waals surface area contributed by atoms with E-state index in [2.05, 4.69) is 41.2 Å². The number of rotatable bonds is 3. The summed E-state index contributed by atoms with van der Waals surface area (Å²) >= 11 is 0. The summed E-state index contributed by atoms with van der Waals surface area (Å²) in [6.07, 6.45) is 0. The molecule has 0 aliphatic carbocycles. The Hall–Kier alpha value is -0.800. The highest BCUT2D eigenvalue weighted by Gasteiger charge is 2.07. The second-order valence-electron chi connectivity index (χ2n) is 3.48. The molecule has 0 aliphatic heterocycles. The molecule has 0 fully saturated rings. The summed E-state index contributed by atoms with van der Waals surface area (Å²) in [6.45, 7) is 7.45. The molecular weight excluding hydrogens is 140 g/mol. The molecule has 0 aliphatic rings. The fourth-order valence-corrected chi connectivity index (χ4v) is 0.398. The van der Waals surface area contributed by atoms with E-state index in [0.29, 0.717) is 6.67 Å². The highest BCUT2D eigenvalue weighted by molar-refractivity contribution is 4.62. The van der Waals surface area contributed by atoms with Crippen molar-refractivity contribution in [2.45, 2.75) is 20.8 Å². The molecule has 0 aromatic carbocycles. The maximum atomic E-state index is 3.95. The molecule has 0 unspecified atom stereocenters. The third kappa shape index (κ3) is 9.20. The molecule has 0 spiro atoms. The van der Waals surface area contributed by atoms with Crippen molar-refractivity contribution < 1.29 is 0 Å². The van der Waals surface area contributed by atoms with E-state index < -0.39 is 0 Å². The predicted molar refractivity (Wildman–Crippen MR) is 44.8 cm³/mol. The normalized spacial score (nSPS) is 13.5. The molecule has 11 heavy (non-hydrogen) atoms. The second kappa shape index (κ2) is 4.93. The van der Waals surface area contributed by atoms with Gasteiger partial charge in [0.05, 0.1) is 6.54 Å². The van der Waals surface area contributed by atoms with Crippen molar-refractivity contribution in [3.63, 3.8) is 0 Å². The van der Waals surface area contributed by atoms with Crippen molar-refractivity contribution in [3.05, 3.63) is 0 Å². The van der Waals surface area contributed by atoms with Crippen LogP contribution in [0.15, 0.2) is 20.5 Å². The molecule has 0 aromatic heterocycles. The van der Waals surface area contributed by atoms with E-state index in [1.165, 1.54) is 0 Å². The van der Waals surface area contributed by atoms with Crippen LogP contribution < -0.4 is 0 Å². The van der Waals surface area contributed by atoms with E-state index >= 15 is 0 Å². The third-order valence-electron chi connectivity index (χ3n) is 0.913. The maximum Gasteiger partial charge on any atom is 0.170 e. The van der Waals surface area contributed by atoms with Crippen LogP contribution in [0.4, 0.5) is 0 Å². The van der Waals surface area contributed by atoms with E-state index in [-0.39, 0.29) is 5.41 Å². The van der Waals surface area contributed by atoms with Gasteiger partial charge in [-0.1, -0.05) is 20.8 Å². The maximum absolute atomic E-state index is 3.95. The van der Waals surface area contributed by atoms with Gasteiger partial charge in [0, 0.05) is 7.05 Å². The summed E-state index contributed by atoms with van der Waals surface area (Å²) in [7, 11) is 1.62. The Labute approximate surface area is 67.8 Å². The molecule has 0 saturated carbocycles. The fourth-order valence-electron chi connectivity index (χ4n) is 0.398. The Morgan fingerprint density at radius 1 is 1.00 bits per heavy atom. The minimum Gasteiger partial charge on any atom is -0.196 e. The highest BCUT2D eigenvalue weighted by Crippen LogP contribution is 2.12. The second-order valence-corrected chi connectivity index (χ2v) is 3.48. The number of hydrogen-bond acceptors (Lipinski definition) is 4. The van der Waals surface area contributed by atoms with Gasteiger partial charge in [0.25, 0.3) is 0 Å². The van der Waals surface area contributed by atoms with Gasteiger partial charge in [-0.05, 0) is 5.41 Å². The molecule has 4 heteroatoms. The first-order valence-corrected chi connectivity index (χ1v) is 3.65. The molecule has 0 bridgehead atoms. The van der Waals surface area contributed by atoms with Crippen LogP contribution in [0.3, 0.4) is 0 Å². The van der Waals surface area contributed by atoms with Crippen LogP contribution in [-0.4, -0.2) is 20.3 Å². The van der Waals surface area contributed by atoms with Gasteiger partial charge < -0.3 is 0 Å².